The molecule has 1 unspecified atom stereocenters. The van der Waals surface area contributed by atoms with Gasteiger partial charge in [-0.05, 0) is 50.3 Å². The van der Waals surface area contributed by atoms with Crippen LogP contribution < -0.4 is 11.1 Å². The number of rotatable bonds is 5. The number of benzene rings is 1. The van der Waals surface area contributed by atoms with E-state index in [0.717, 1.165) is 18.4 Å². The molecule has 1 atom stereocenters. The van der Waals surface area contributed by atoms with Crippen LogP contribution in [0.2, 0.25) is 0 Å². The van der Waals surface area contributed by atoms with E-state index in [1.165, 1.54) is 12.1 Å². The minimum Gasteiger partial charge on any atom is -0.351 e. The van der Waals surface area contributed by atoms with Crippen LogP contribution in [0.3, 0.4) is 0 Å². The summed E-state index contributed by atoms with van der Waals surface area (Å²) >= 11 is 0. The second-order valence-electron chi connectivity index (χ2n) is 5.78. The molecule has 1 fully saturated rings. The number of nitrogens with one attached hydrogen (secondary N) is 1. The normalized spacial score (nSPS) is 16.2. The van der Waals surface area contributed by atoms with Gasteiger partial charge in [0.2, 0.25) is 5.91 Å². The smallest absolute Gasteiger partial charge is 0.230 e. The van der Waals surface area contributed by atoms with Crippen molar-refractivity contribution in [3.05, 3.63) is 35.6 Å². The lowest BCUT2D eigenvalue weighted by Crippen LogP contribution is -2.48. The summed E-state index contributed by atoms with van der Waals surface area (Å²) in [4.78, 5) is 12.4. The Morgan fingerprint density at radius 2 is 1.95 bits per heavy atom. The molecule has 1 aliphatic rings. The Morgan fingerprint density at radius 1 is 1.40 bits per heavy atom. The fourth-order valence-corrected chi connectivity index (χ4v) is 2.21. The van der Waals surface area contributed by atoms with Crippen LogP contribution in [0.1, 0.15) is 32.3 Å². The third kappa shape index (κ3) is 3.70. The second kappa shape index (κ2) is 6.55. The van der Waals surface area contributed by atoms with E-state index < -0.39 is 5.41 Å². The molecule has 0 spiro atoms. The topological polar surface area (TPSA) is 55.1 Å². The molecule has 1 amide bonds. The quantitative estimate of drug-likeness (QED) is 0.877. The van der Waals surface area contributed by atoms with E-state index in [-0.39, 0.29) is 30.2 Å². The SMILES string of the molecule is CC(C)(C(=O)NC(CN)C1CC1)c1ccc(F)cc1.Cl. The number of halogens is 2. The predicted molar refractivity (Wildman–Crippen MR) is 80.4 cm³/mol. The van der Waals surface area contributed by atoms with Crippen LogP contribution in [-0.2, 0) is 10.2 Å². The van der Waals surface area contributed by atoms with Crippen LogP contribution in [0.4, 0.5) is 4.39 Å². The van der Waals surface area contributed by atoms with Gasteiger partial charge in [-0.1, -0.05) is 12.1 Å². The van der Waals surface area contributed by atoms with Gasteiger partial charge in [-0.15, -0.1) is 12.4 Å². The van der Waals surface area contributed by atoms with Gasteiger partial charge in [0.05, 0.1) is 5.41 Å². The first-order valence-corrected chi connectivity index (χ1v) is 6.72. The van der Waals surface area contributed by atoms with Gasteiger partial charge in [0.1, 0.15) is 5.82 Å². The largest absolute Gasteiger partial charge is 0.351 e. The number of amides is 1. The van der Waals surface area contributed by atoms with Crippen molar-refractivity contribution in [3.63, 3.8) is 0 Å². The first-order chi connectivity index (χ1) is 8.95. The Morgan fingerprint density at radius 3 is 2.40 bits per heavy atom. The van der Waals surface area contributed by atoms with Gasteiger partial charge in [-0.3, -0.25) is 4.79 Å². The maximum Gasteiger partial charge on any atom is 0.230 e. The van der Waals surface area contributed by atoms with Crippen LogP contribution in [0.5, 0.6) is 0 Å². The van der Waals surface area contributed by atoms with Gasteiger partial charge >= 0.3 is 0 Å². The number of carbonyl (C=O) groups excluding carboxylic acids is 1. The minimum atomic E-state index is -0.685. The molecule has 3 nitrogen and oxygen atoms in total. The van der Waals surface area contributed by atoms with Crippen LogP contribution in [-0.4, -0.2) is 18.5 Å². The van der Waals surface area contributed by atoms with Gasteiger partial charge in [0.15, 0.2) is 0 Å². The molecule has 2 rings (SSSR count). The Labute approximate surface area is 125 Å². The van der Waals surface area contributed by atoms with E-state index >= 15 is 0 Å². The van der Waals surface area contributed by atoms with Crippen LogP contribution in [0.25, 0.3) is 0 Å². The van der Waals surface area contributed by atoms with Crippen LogP contribution in [0, 0.1) is 11.7 Å². The molecule has 1 saturated carbocycles. The number of hydrogen-bond donors (Lipinski definition) is 2. The van der Waals surface area contributed by atoms with Gasteiger partial charge < -0.3 is 11.1 Å². The van der Waals surface area contributed by atoms with E-state index in [1.54, 1.807) is 12.1 Å². The molecule has 0 radical (unpaired) electrons. The maximum absolute atomic E-state index is 12.9. The molecule has 3 N–H and O–H groups in total. The summed E-state index contributed by atoms with van der Waals surface area (Å²) < 4.78 is 12.9. The molecule has 1 aromatic rings. The fraction of sp³-hybridized carbons (Fsp3) is 0.533. The summed E-state index contributed by atoms with van der Waals surface area (Å²) in [6.45, 7) is 4.15. The first kappa shape index (κ1) is 16.9. The molecule has 112 valence electrons. The lowest BCUT2D eigenvalue weighted by Gasteiger charge is -2.27. The van der Waals surface area contributed by atoms with Gasteiger partial charge in [-0.2, -0.15) is 0 Å². The summed E-state index contributed by atoms with van der Waals surface area (Å²) in [5.41, 5.74) is 5.82. The molecule has 0 bridgehead atoms. The van der Waals surface area contributed by atoms with Crippen molar-refractivity contribution in [1.82, 2.24) is 5.32 Å². The third-order valence-corrected chi connectivity index (χ3v) is 3.90. The highest BCUT2D eigenvalue weighted by molar-refractivity contribution is 5.87. The van der Waals surface area contributed by atoms with Gasteiger partial charge in [0, 0.05) is 12.6 Å². The molecule has 0 aromatic heterocycles. The Bertz CT molecular complexity index is 457. The zero-order valence-electron chi connectivity index (χ0n) is 11.9. The summed E-state index contributed by atoms with van der Waals surface area (Å²) in [6.07, 6.45) is 2.28. The Balaban J connectivity index is 0.00000200. The Hall–Kier alpha value is -1.13. The molecular formula is C15H22ClFN2O. The zero-order valence-corrected chi connectivity index (χ0v) is 12.7. The van der Waals surface area contributed by atoms with Crippen molar-refractivity contribution < 1.29 is 9.18 Å². The molecule has 0 heterocycles. The maximum atomic E-state index is 12.9. The second-order valence-corrected chi connectivity index (χ2v) is 5.78. The number of carbonyl (C=O) groups is 1. The molecule has 1 aliphatic carbocycles. The van der Waals surface area contributed by atoms with Gasteiger partial charge in [-0.25, -0.2) is 4.39 Å². The molecule has 1 aromatic carbocycles. The monoisotopic (exact) mass is 300 g/mol. The van der Waals surface area contributed by atoms with E-state index in [2.05, 4.69) is 5.32 Å². The van der Waals surface area contributed by atoms with E-state index in [9.17, 15) is 9.18 Å². The van der Waals surface area contributed by atoms with Crippen molar-refractivity contribution >= 4 is 18.3 Å². The Kier molecular flexibility index (Phi) is 5.54. The minimum absolute atomic E-state index is 0. The number of hydrogen-bond acceptors (Lipinski definition) is 2. The average molecular weight is 301 g/mol. The standard InChI is InChI=1S/C15H21FN2O.ClH/c1-15(2,11-5-7-12(16)8-6-11)14(19)18-13(9-17)10-3-4-10;/h5-8,10,13H,3-4,9,17H2,1-2H3,(H,18,19);1H. The highest BCUT2D eigenvalue weighted by Crippen LogP contribution is 2.33. The summed E-state index contributed by atoms with van der Waals surface area (Å²) in [7, 11) is 0. The van der Waals surface area contributed by atoms with Crippen molar-refractivity contribution in [2.24, 2.45) is 11.7 Å². The highest BCUT2D eigenvalue weighted by Gasteiger charge is 2.36. The molecule has 5 heteroatoms. The number of nitrogens with two attached hydrogens (primary N) is 1. The van der Waals surface area contributed by atoms with E-state index in [1.807, 2.05) is 13.8 Å². The predicted octanol–water partition coefficient (Wildman–Crippen LogP) is 2.38. The van der Waals surface area contributed by atoms with E-state index in [4.69, 9.17) is 5.73 Å². The van der Waals surface area contributed by atoms with Gasteiger partial charge in [0.25, 0.3) is 0 Å². The summed E-state index contributed by atoms with van der Waals surface area (Å²) in [5, 5.41) is 3.02. The lowest BCUT2D eigenvalue weighted by molar-refractivity contribution is -0.126. The third-order valence-electron chi connectivity index (χ3n) is 3.90. The van der Waals surface area contributed by atoms with Crippen molar-refractivity contribution in [2.45, 2.75) is 38.1 Å². The van der Waals surface area contributed by atoms with Crippen LogP contribution in [0.15, 0.2) is 24.3 Å². The fourth-order valence-electron chi connectivity index (χ4n) is 2.21. The summed E-state index contributed by atoms with van der Waals surface area (Å²) in [6, 6.07) is 6.14. The van der Waals surface area contributed by atoms with Crippen LogP contribution >= 0.6 is 12.4 Å². The summed E-state index contributed by atoms with van der Waals surface area (Å²) in [5.74, 6) is 0.178. The lowest BCUT2D eigenvalue weighted by atomic mass is 9.83. The van der Waals surface area contributed by atoms with Crippen molar-refractivity contribution in [3.8, 4) is 0 Å². The molecule has 20 heavy (non-hydrogen) atoms. The zero-order chi connectivity index (χ0) is 14.0. The molecule has 0 aliphatic heterocycles. The van der Waals surface area contributed by atoms with Crippen molar-refractivity contribution in [1.29, 1.82) is 0 Å². The molecular weight excluding hydrogens is 279 g/mol. The average Bonchev–Trinajstić information content (AvgIpc) is 3.20. The molecule has 0 saturated heterocycles. The van der Waals surface area contributed by atoms with E-state index in [0.29, 0.717) is 12.5 Å². The highest BCUT2D eigenvalue weighted by atomic mass is 35.5. The first-order valence-electron chi connectivity index (χ1n) is 6.72. The van der Waals surface area contributed by atoms with Crippen molar-refractivity contribution in [2.75, 3.05) is 6.54 Å².